The molecule has 0 atom stereocenters. The number of hydrogen-bond acceptors (Lipinski definition) is 8. The zero-order valence-electron chi connectivity index (χ0n) is 16.6. The molecule has 0 unspecified atom stereocenters. The number of halogens is 2. The number of hydrogen-bond donors (Lipinski definition) is 0. The quantitative estimate of drug-likeness (QED) is 0.275. The number of ether oxygens (including phenoxy) is 1. The monoisotopic (exact) mass is 475 g/mol. The molecule has 1 aliphatic rings. The second kappa shape index (κ2) is 9.20. The van der Waals surface area contributed by atoms with Crippen molar-refractivity contribution in [1.29, 1.82) is 0 Å². The minimum absolute atomic E-state index is 0.00472. The Kier molecular flexibility index (Phi) is 7.05. The van der Waals surface area contributed by atoms with Gasteiger partial charge >= 0.3 is 13.6 Å². The first-order valence-electron chi connectivity index (χ1n) is 9.15. The number of rotatable bonds is 9. The third-order valence-corrected chi connectivity index (χ3v) is 7.37. The molecular weight excluding hydrogens is 456 g/mol. The molecule has 30 heavy (non-hydrogen) atoms. The smallest absolute Gasteiger partial charge is 0.361 e. The Labute approximate surface area is 183 Å². The van der Waals surface area contributed by atoms with E-state index in [0.29, 0.717) is 5.76 Å². The van der Waals surface area contributed by atoms with Gasteiger partial charge in [-0.3, -0.25) is 9.36 Å². The fourth-order valence-corrected chi connectivity index (χ4v) is 4.60. The van der Waals surface area contributed by atoms with Crippen LogP contribution in [0.15, 0.2) is 16.7 Å². The summed E-state index contributed by atoms with van der Waals surface area (Å²) in [7, 11) is -1.12. The standard InChI is InChI=1S/C19H20Cl2NO7P/c1-4-28-19(24)16-14(18(29-22-16)10-5-6-10)17(23)11-7-8-13(20)15(21)12(11)9-30(25,26-2)27-3/h7-8,10H,4-6,9H2,1-3H3. The maximum Gasteiger partial charge on any atom is 0.361 e. The molecule has 2 aromatic rings. The molecule has 0 aliphatic heterocycles. The fourth-order valence-electron chi connectivity index (χ4n) is 2.98. The van der Waals surface area contributed by atoms with Crippen LogP contribution in [-0.2, 0) is 24.5 Å². The largest absolute Gasteiger partial charge is 0.461 e. The van der Waals surface area contributed by atoms with E-state index in [2.05, 4.69) is 5.16 Å². The summed E-state index contributed by atoms with van der Waals surface area (Å²) in [5.74, 6) is -1.01. The summed E-state index contributed by atoms with van der Waals surface area (Å²) in [6.07, 6.45) is 1.34. The molecule has 1 aliphatic carbocycles. The molecule has 0 saturated heterocycles. The van der Waals surface area contributed by atoms with Gasteiger partial charge in [-0.25, -0.2) is 4.79 Å². The van der Waals surface area contributed by atoms with Gasteiger partial charge in [0, 0.05) is 25.7 Å². The minimum Gasteiger partial charge on any atom is -0.461 e. The van der Waals surface area contributed by atoms with Gasteiger partial charge in [0.25, 0.3) is 0 Å². The summed E-state index contributed by atoms with van der Waals surface area (Å²) in [6.45, 7) is 1.76. The van der Waals surface area contributed by atoms with E-state index in [0.717, 1.165) is 12.8 Å². The molecule has 0 spiro atoms. The Hall–Kier alpha value is -1.70. The SMILES string of the molecule is CCOC(=O)c1noc(C2CC2)c1C(=O)c1ccc(Cl)c(Cl)c1CP(=O)(OC)OC. The molecule has 1 aromatic carbocycles. The molecule has 0 bridgehead atoms. The molecule has 0 amide bonds. The Morgan fingerprint density at radius 2 is 1.90 bits per heavy atom. The van der Waals surface area contributed by atoms with Gasteiger partial charge in [0.1, 0.15) is 5.56 Å². The molecule has 0 radical (unpaired) electrons. The average molecular weight is 476 g/mol. The molecule has 162 valence electrons. The molecule has 3 rings (SSSR count). The van der Waals surface area contributed by atoms with Crippen molar-refractivity contribution in [3.63, 3.8) is 0 Å². The number of carbonyl (C=O) groups excluding carboxylic acids is 2. The Balaban J connectivity index is 2.14. The van der Waals surface area contributed by atoms with Crippen molar-refractivity contribution in [2.75, 3.05) is 20.8 Å². The minimum atomic E-state index is -3.58. The van der Waals surface area contributed by atoms with E-state index in [4.69, 9.17) is 41.5 Å². The van der Waals surface area contributed by atoms with Crippen LogP contribution in [0.3, 0.4) is 0 Å². The fraction of sp³-hybridized carbons (Fsp3) is 0.421. The number of carbonyl (C=O) groups is 2. The lowest BCUT2D eigenvalue weighted by Gasteiger charge is -2.17. The lowest BCUT2D eigenvalue weighted by Crippen LogP contribution is -2.15. The second-order valence-electron chi connectivity index (χ2n) is 6.62. The first-order valence-corrected chi connectivity index (χ1v) is 11.6. The highest BCUT2D eigenvalue weighted by molar-refractivity contribution is 7.53. The molecule has 1 aromatic heterocycles. The number of ketones is 1. The van der Waals surface area contributed by atoms with Gasteiger partial charge in [0.05, 0.1) is 22.8 Å². The van der Waals surface area contributed by atoms with Gasteiger partial charge in [-0.05, 0) is 37.5 Å². The Morgan fingerprint density at radius 1 is 1.23 bits per heavy atom. The predicted molar refractivity (Wildman–Crippen MR) is 110 cm³/mol. The normalized spacial score (nSPS) is 14.0. The number of esters is 1. The highest BCUT2D eigenvalue weighted by atomic mass is 35.5. The van der Waals surface area contributed by atoms with Gasteiger partial charge in [-0.15, -0.1) is 0 Å². The van der Waals surface area contributed by atoms with Crippen molar-refractivity contribution in [3.8, 4) is 0 Å². The molecule has 1 heterocycles. The predicted octanol–water partition coefficient (Wildman–Crippen LogP) is 5.25. The summed E-state index contributed by atoms with van der Waals surface area (Å²) >= 11 is 12.5. The van der Waals surface area contributed by atoms with E-state index < -0.39 is 19.3 Å². The van der Waals surface area contributed by atoms with Gasteiger partial charge in [-0.1, -0.05) is 28.4 Å². The third kappa shape index (κ3) is 4.48. The van der Waals surface area contributed by atoms with Crippen LogP contribution in [0.2, 0.25) is 10.0 Å². The Bertz CT molecular complexity index is 1020. The van der Waals surface area contributed by atoms with E-state index in [1.165, 1.54) is 26.4 Å². The van der Waals surface area contributed by atoms with E-state index in [-0.39, 0.29) is 51.1 Å². The van der Waals surface area contributed by atoms with Crippen molar-refractivity contribution in [2.45, 2.75) is 31.8 Å². The highest BCUT2D eigenvalue weighted by Gasteiger charge is 2.39. The van der Waals surface area contributed by atoms with Crippen LogP contribution in [0.25, 0.3) is 0 Å². The summed E-state index contributed by atoms with van der Waals surface area (Å²) in [5, 5.41) is 3.99. The number of benzene rings is 1. The summed E-state index contributed by atoms with van der Waals surface area (Å²) < 4.78 is 33.1. The molecule has 8 nitrogen and oxygen atoms in total. The van der Waals surface area contributed by atoms with Crippen LogP contribution in [0, 0.1) is 0 Å². The van der Waals surface area contributed by atoms with Gasteiger partial charge in [-0.2, -0.15) is 0 Å². The first-order chi connectivity index (χ1) is 14.3. The molecular formula is C19H20Cl2NO7P. The number of aromatic nitrogens is 1. The molecule has 1 saturated carbocycles. The van der Waals surface area contributed by atoms with Crippen LogP contribution in [0.1, 0.15) is 63.4 Å². The lowest BCUT2D eigenvalue weighted by molar-refractivity contribution is 0.0512. The third-order valence-electron chi connectivity index (χ3n) is 4.71. The second-order valence-corrected chi connectivity index (χ2v) is 9.67. The molecule has 1 fully saturated rings. The van der Waals surface area contributed by atoms with E-state index >= 15 is 0 Å². The van der Waals surface area contributed by atoms with Gasteiger partial charge in [0.2, 0.25) is 5.69 Å². The van der Waals surface area contributed by atoms with Crippen LogP contribution < -0.4 is 0 Å². The highest BCUT2D eigenvalue weighted by Crippen LogP contribution is 2.52. The average Bonchev–Trinajstić information content (AvgIpc) is 3.49. The first kappa shape index (κ1) is 23.0. The van der Waals surface area contributed by atoms with Crippen molar-refractivity contribution in [2.24, 2.45) is 0 Å². The van der Waals surface area contributed by atoms with Crippen molar-refractivity contribution in [1.82, 2.24) is 5.16 Å². The zero-order valence-corrected chi connectivity index (χ0v) is 19.0. The summed E-state index contributed by atoms with van der Waals surface area (Å²) in [6, 6.07) is 2.89. The maximum absolute atomic E-state index is 13.6. The summed E-state index contributed by atoms with van der Waals surface area (Å²) in [4.78, 5) is 25.9. The van der Waals surface area contributed by atoms with E-state index in [1.807, 2.05) is 0 Å². The topological polar surface area (TPSA) is 105 Å². The lowest BCUT2D eigenvalue weighted by atomic mass is 9.96. The van der Waals surface area contributed by atoms with Gasteiger partial charge < -0.3 is 18.3 Å². The van der Waals surface area contributed by atoms with Crippen LogP contribution >= 0.6 is 30.8 Å². The van der Waals surface area contributed by atoms with Crippen molar-refractivity contribution >= 4 is 42.6 Å². The van der Waals surface area contributed by atoms with Crippen molar-refractivity contribution < 1.29 is 32.5 Å². The Morgan fingerprint density at radius 3 is 2.47 bits per heavy atom. The van der Waals surface area contributed by atoms with E-state index in [1.54, 1.807) is 6.92 Å². The van der Waals surface area contributed by atoms with E-state index in [9.17, 15) is 14.2 Å². The van der Waals surface area contributed by atoms with Crippen molar-refractivity contribution in [3.05, 3.63) is 50.3 Å². The molecule has 0 N–H and O–H groups in total. The molecule has 11 heteroatoms. The maximum atomic E-state index is 13.6. The summed E-state index contributed by atoms with van der Waals surface area (Å²) in [5.41, 5.74) is 0.0797. The van der Waals surface area contributed by atoms with Gasteiger partial charge in [0.15, 0.2) is 11.5 Å². The van der Waals surface area contributed by atoms with Crippen LogP contribution in [-0.4, -0.2) is 37.7 Å². The number of nitrogens with zero attached hydrogens (tertiary/aromatic N) is 1. The zero-order chi connectivity index (χ0) is 22.1. The van der Waals surface area contributed by atoms with Crippen LogP contribution in [0.4, 0.5) is 0 Å². The van der Waals surface area contributed by atoms with Crippen LogP contribution in [0.5, 0.6) is 0 Å².